The van der Waals surface area contributed by atoms with Crippen LogP contribution < -0.4 is 19.7 Å². The minimum atomic E-state index is -0.0164. The van der Waals surface area contributed by atoms with Crippen LogP contribution in [0, 0.1) is 5.92 Å². The second-order valence-corrected chi connectivity index (χ2v) is 6.73. The van der Waals surface area contributed by atoms with E-state index in [9.17, 15) is 4.79 Å². The zero-order chi connectivity index (χ0) is 18.5. The summed E-state index contributed by atoms with van der Waals surface area (Å²) in [6.07, 6.45) is 1.60. The van der Waals surface area contributed by atoms with Crippen molar-refractivity contribution in [2.45, 2.75) is 12.8 Å². The van der Waals surface area contributed by atoms with E-state index in [2.05, 4.69) is 16.3 Å². The van der Waals surface area contributed by atoms with E-state index in [0.29, 0.717) is 17.2 Å². The third-order valence-corrected chi connectivity index (χ3v) is 4.94. The molecule has 0 saturated carbocycles. The van der Waals surface area contributed by atoms with Crippen molar-refractivity contribution in [2.24, 2.45) is 5.92 Å². The Morgan fingerprint density at radius 2 is 1.88 bits per heavy atom. The zero-order valence-electron chi connectivity index (χ0n) is 15.0. The highest BCUT2D eigenvalue weighted by Crippen LogP contribution is 2.31. The number of anilines is 2. The van der Waals surface area contributed by atoms with Crippen molar-refractivity contribution < 1.29 is 14.3 Å². The molecule has 2 aromatic carbocycles. The van der Waals surface area contributed by atoms with E-state index < -0.39 is 0 Å². The number of piperidine rings is 1. The van der Waals surface area contributed by atoms with Crippen LogP contribution in [-0.2, 0) is 4.79 Å². The molecular weight excluding hydrogens is 352 g/mol. The van der Waals surface area contributed by atoms with Crippen LogP contribution in [0.2, 0.25) is 5.02 Å². The molecule has 1 aliphatic heterocycles. The predicted molar refractivity (Wildman–Crippen MR) is 105 cm³/mol. The number of halogens is 1. The van der Waals surface area contributed by atoms with Gasteiger partial charge in [0.25, 0.3) is 0 Å². The van der Waals surface area contributed by atoms with E-state index >= 15 is 0 Å². The Bertz CT molecular complexity index is 773. The number of amides is 1. The van der Waals surface area contributed by atoms with Gasteiger partial charge in [-0.25, -0.2) is 0 Å². The van der Waals surface area contributed by atoms with Gasteiger partial charge in [-0.2, -0.15) is 0 Å². The van der Waals surface area contributed by atoms with Crippen LogP contribution in [-0.4, -0.2) is 33.2 Å². The Hall–Kier alpha value is -2.40. The molecule has 26 heavy (non-hydrogen) atoms. The normalized spacial score (nSPS) is 14.8. The molecule has 1 aliphatic rings. The van der Waals surface area contributed by atoms with E-state index in [1.807, 2.05) is 18.2 Å². The second-order valence-electron chi connectivity index (χ2n) is 6.30. The molecule has 1 heterocycles. The smallest absolute Gasteiger partial charge is 0.227 e. The summed E-state index contributed by atoms with van der Waals surface area (Å²) in [6.45, 7) is 1.66. The van der Waals surface area contributed by atoms with Gasteiger partial charge in [-0.3, -0.25) is 4.79 Å². The molecule has 1 amide bonds. The number of carbonyl (C=O) groups is 1. The summed E-state index contributed by atoms with van der Waals surface area (Å²) in [4.78, 5) is 14.9. The molecule has 1 fully saturated rings. The first-order valence-electron chi connectivity index (χ1n) is 8.64. The van der Waals surface area contributed by atoms with Crippen LogP contribution in [0.1, 0.15) is 12.8 Å². The summed E-state index contributed by atoms with van der Waals surface area (Å²) >= 11 is 6.07. The largest absolute Gasteiger partial charge is 0.497 e. The molecule has 5 nitrogen and oxygen atoms in total. The minimum Gasteiger partial charge on any atom is -0.497 e. The van der Waals surface area contributed by atoms with Gasteiger partial charge in [0.1, 0.15) is 11.5 Å². The quantitative estimate of drug-likeness (QED) is 0.851. The van der Waals surface area contributed by atoms with Gasteiger partial charge in [0.15, 0.2) is 0 Å². The Balaban J connectivity index is 1.60. The van der Waals surface area contributed by atoms with Crippen molar-refractivity contribution in [3.05, 3.63) is 47.5 Å². The lowest BCUT2D eigenvalue weighted by Gasteiger charge is -2.33. The van der Waals surface area contributed by atoms with Crippen LogP contribution in [0.15, 0.2) is 42.5 Å². The van der Waals surface area contributed by atoms with Gasteiger partial charge >= 0.3 is 0 Å². The van der Waals surface area contributed by atoms with Crippen LogP contribution >= 0.6 is 11.6 Å². The summed E-state index contributed by atoms with van der Waals surface area (Å²) in [5.41, 5.74) is 1.77. The van der Waals surface area contributed by atoms with Gasteiger partial charge in [-0.05, 0) is 43.2 Å². The maximum Gasteiger partial charge on any atom is 0.227 e. The monoisotopic (exact) mass is 374 g/mol. The molecule has 1 saturated heterocycles. The van der Waals surface area contributed by atoms with Gasteiger partial charge in [-0.15, -0.1) is 0 Å². The van der Waals surface area contributed by atoms with Crippen LogP contribution in [0.4, 0.5) is 11.4 Å². The van der Waals surface area contributed by atoms with Crippen molar-refractivity contribution in [1.82, 2.24) is 0 Å². The lowest BCUT2D eigenvalue weighted by atomic mass is 9.95. The van der Waals surface area contributed by atoms with Crippen molar-refractivity contribution in [3.63, 3.8) is 0 Å². The lowest BCUT2D eigenvalue weighted by Crippen LogP contribution is -2.38. The third kappa shape index (κ3) is 4.22. The Labute approximate surface area is 158 Å². The lowest BCUT2D eigenvalue weighted by molar-refractivity contribution is -0.120. The highest BCUT2D eigenvalue weighted by Gasteiger charge is 2.26. The predicted octanol–water partition coefficient (Wildman–Crippen LogP) is 4.21. The molecule has 6 heteroatoms. The molecule has 0 aromatic heterocycles. The number of rotatable bonds is 5. The number of benzene rings is 2. The van der Waals surface area contributed by atoms with Crippen molar-refractivity contribution >= 4 is 28.9 Å². The SMILES string of the molecule is COc1ccc(NC(=O)C2CCN(c3cccc(Cl)c3)CC2)c(OC)c1. The van der Waals surface area contributed by atoms with Gasteiger partial charge in [0.05, 0.1) is 19.9 Å². The minimum absolute atomic E-state index is 0.0164. The second kappa shape index (κ2) is 8.32. The molecule has 0 unspecified atom stereocenters. The van der Waals surface area contributed by atoms with Crippen LogP contribution in [0.25, 0.3) is 0 Å². The Morgan fingerprint density at radius 1 is 1.12 bits per heavy atom. The standard InChI is InChI=1S/C20H23ClN2O3/c1-25-17-6-7-18(19(13-17)26-2)22-20(24)14-8-10-23(11-9-14)16-5-3-4-15(21)12-16/h3-7,12-14H,8-11H2,1-2H3,(H,22,24). The number of nitrogens with zero attached hydrogens (tertiary/aromatic N) is 1. The zero-order valence-corrected chi connectivity index (χ0v) is 15.8. The summed E-state index contributed by atoms with van der Waals surface area (Å²) in [7, 11) is 3.18. The summed E-state index contributed by atoms with van der Waals surface area (Å²) < 4.78 is 10.5. The fourth-order valence-corrected chi connectivity index (χ4v) is 3.39. The molecule has 3 rings (SSSR count). The Morgan fingerprint density at radius 3 is 2.54 bits per heavy atom. The number of ether oxygens (including phenoxy) is 2. The first-order chi connectivity index (χ1) is 12.6. The van der Waals surface area contributed by atoms with Crippen molar-refractivity contribution in [3.8, 4) is 11.5 Å². The average molecular weight is 375 g/mol. The summed E-state index contributed by atoms with van der Waals surface area (Å²) in [6, 6.07) is 13.2. The molecule has 2 aromatic rings. The third-order valence-electron chi connectivity index (χ3n) is 4.71. The first kappa shape index (κ1) is 18.4. The highest BCUT2D eigenvalue weighted by atomic mass is 35.5. The number of methoxy groups -OCH3 is 2. The van der Waals surface area contributed by atoms with E-state index in [0.717, 1.165) is 36.6 Å². The molecule has 138 valence electrons. The Kier molecular flexibility index (Phi) is 5.89. The molecule has 0 spiro atoms. The summed E-state index contributed by atoms with van der Waals surface area (Å²) in [5.74, 6) is 1.29. The molecule has 0 aliphatic carbocycles. The maximum absolute atomic E-state index is 12.6. The van der Waals surface area contributed by atoms with Gasteiger partial charge in [0.2, 0.25) is 5.91 Å². The molecule has 1 N–H and O–H groups in total. The fourth-order valence-electron chi connectivity index (χ4n) is 3.21. The highest BCUT2D eigenvalue weighted by molar-refractivity contribution is 6.30. The fraction of sp³-hybridized carbons (Fsp3) is 0.350. The van der Waals surface area contributed by atoms with Gasteiger partial charge < -0.3 is 19.7 Å². The van der Waals surface area contributed by atoms with Gasteiger partial charge in [-0.1, -0.05) is 17.7 Å². The van der Waals surface area contributed by atoms with E-state index in [-0.39, 0.29) is 11.8 Å². The van der Waals surface area contributed by atoms with Crippen molar-refractivity contribution in [1.29, 1.82) is 0 Å². The number of hydrogen-bond acceptors (Lipinski definition) is 4. The van der Waals surface area contributed by atoms with Crippen molar-refractivity contribution in [2.75, 3.05) is 37.5 Å². The van der Waals surface area contributed by atoms with Crippen LogP contribution in [0.3, 0.4) is 0 Å². The summed E-state index contributed by atoms with van der Waals surface area (Å²) in [5, 5.41) is 3.72. The van der Waals surface area contributed by atoms with E-state index in [4.69, 9.17) is 21.1 Å². The maximum atomic E-state index is 12.6. The number of nitrogens with one attached hydrogen (secondary N) is 1. The van der Waals surface area contributed by atoms with Gasteiger partial charge in [0, 0.05) is 35.8 Å². The van der Waals surface area contributed by atoms with Crippen LogP contribution in [0.5, 0.6) is 11.5 Å². The molecular formula is C20H23ClN2O3. The molecule has 0 atom stereocenters. The molecule has 0 radical (unpaired) electrons. The van der Waals surface area contributed by atoms with E-state index in [1.165, 1.54) is 0 Å². The first-order valence-corrected chi connectivity index (χ1v) is 9.02. The number of carbonyl (C=O) groups excluding carboxylic acids is 1. The topological polar surface area (TPSA) is 50.8 Å². The average Bonchev–Trinajstić information content (AvgIpc) is 2.68. The number of hydrogen-bond donors (Lipinski definition) is 1. The van der Waals surface area contributed by atoms with E-state index in [1.54, 1.807) is 32.4 Å². The molecule has 0 bridgehead atoms.